The van der Waals surface area contributed by atoms with E-state index in [0.29, 0.717) is 24.2 Å². The molecule has 2 atom stereocenters. The topological polar surface area (TPSA) is 70.7 Å². The lowest BCUT2D eigenvalue weighted by molar-refractivity contribution is -0.370. The van der Waals surface area contributed by atoms with Crippen LogP contribution in [0.3, 0.4) is 0 Å². The second-order valence-electron chi connectivity index (χ2n) is 6.38. The predicted molar refractivity (Wildman–Crippen MR) is 89.1 cm³/mol. The number of quaternary nitrogens is 1. The number of halogens is 1. The molecule has 3 N–H and O–H groups in total. The van der Waals surface area contributed by atoms with Crippen LogP contribution >= 0.6 is 11.6 Å². The highest BCUT2D eigenvalue weighted by molar-refractivity contribution is 6.15. The van der Waals surface area contributed by atoms with Crippen molar-refractivity contribution in [2.75, 3.05) is 12.9 Å². The lowest BCUT2D eigenvalue weighted by Crippen LogP contribution is -2.50. The van der Waals surface area contributed by atoms with Crippen molar-refractivity contribution in [2.24, 2.45) is 17.8 Å². The van der Waals surface area contributed by atoms with Crippen LogP contribution in [-0.2, 0) is 12.8 Å². The Morgan fingerprint density at radius 2 is 2.05 bits per heavy atom. The van der Waals surface area contributed by atoms with Gasteiger partial charge in [0, 0.05) is 19.2 Å². The van der Waals surface area contributed by atoms with Gasteiger partial charge < -0.3 is 10.3 Å². The minimum atomic E-state index is 0.227. The summed E-state index contributed by atoms with van der Waals surface area (Å²) in [5, 5.41) is 4.18. The largest absolute Gasteiger partial charge is 0.360 e. The van der Waals surface area contributed by atoms with Crippen LogP contribution in [0.25, 0.3) is 0 Å². The van der Waals surface area contributed by atoms with Gasteiger partial charge in [0.05, 0.1) is 17.8 Å². The van der Waals surface area contributed by atoms with Gasteiger partial charge in [-0.15, -0.1) is 11.6 Å². The number of aromatic nitrogens is 1. The first-order chi connectivity index (χ1) is 10.6. The highest BCUT2D eigenvalue weighted by Crippen LogP contribution is 2.32. The molecule has 0 bridgehead atoms. The molecule has 1 aliphatic rings. The van der Waals surface area contributed by atoms with Crippen LogP contribution in [-0.4, -0.2) is 23.9 Å². The van der Waals surface area contributed by atoms with Gasteiger partial charge in [0.25, 0.3) is 0 Å². The van der Waals surface area contributed by atoms with Crippen molar-refractivity contribution in [2.45, 2.75) is 52.9 Å². The number of nitrogens with zero attached hydrogens (tertiary/aromatic N) is 1. The summed E-state index contributed by atoms with van der Waals surface area (Å²) in [7, 11) is 0. The van der Waals surface area contributed by atoms with E-state index in [0.717, 1.165) is 49.2 Å². The Bertz CT molecular complexity index is 471. The molecular formula is C17H30ClN2O2+. The zero-order chi connectivity index (χ0) is 16.7. The summed E-state index contributed by atoms with van der Waals surface area (Å²) in [6, 6.07) is 0. The Hall–Kier alpha value is -0.870. The summed E-state index contributed by atoms with van der Waals surface area (Å²) in [4.78, 5) is 12.4. The number of carbonyl (C=O) groups is 1. The molecule has 0 saturated heterocycles. The van der Waals surface area contributed by atoms with Crippen LogP contribution in [0.1, 0.15) is 61.8 Å². The summed E-state index contributed by atoms with van der Waals surface area (Å²) < 4.78 is 5.50. The van der Waals surface area contributed by atoms with Crippen LogP contribution in [0.15, 0.2) is 4.52 Å². The van der Waals surface area contributed by atoms with Crippen molar-refractivity contribution in [3.8, 4) is 0 Å². The van der Waals surface area contributed by atoms with E-state index in [1.54, 1.807) is 0 Å². The molecule has 0 amide bonds. The Morgan fingerprint density at radius 1 is 1.36 bits per heavy atom. The summed E-state index contributed by atoms with van der Waals surface area (Å²) in [6.07, 6.45) is 5.99. The van der Waals surface area contributed by atoms with E-state index in [9.17, 15) is 4.79 Å². The number of fused-ring (bicyclic) bond motifs is 1. The minimum Gasteiger partial charge on any atom is -0.360 e. The van der Waals surface area contributed by atoms with Gasteiger partial charge in [-0.05, 0) is 30.6 Å². The summed E-state index contributed by atoms with van der Waals surface area (Å²) >= 11 is 4.64. The maximum atomic E-state index is 12.4. The van der Waals surface area contributed by atoms with Crippen molar-refractivity contribution >= 4 is 17.4 Å². The third kappa shape index (κ3) is 4.56. The van der Waals surface area contributed by atoms with Gasteiger partial charge >= 0.3 is 0 Å². The van der Waals surface area contributed by atoms with Gasteiger partial charge in [0.2, 0.25) is 0 Å². The number of Topliss-reactive ketones (excluding diaryl/α,β-unsaturated/α-hetero) is 1. The molecule has 2 unspecified atom stereocenters. The van der Waals surface area contributed by atoms with Gasteiger partial charge in [0.1, 0.15) is 5.76 Å². The lowest BCUT2D eigenvalue weighted by atomic mass is 9.79. The molecule has 1 aliphatic carbocycles. The molecule has 5 heteroatoms. The molecule has 0 radical (unpaired) electrons. The molecule has 0 saturated carbocycles. The fourth-order valence-corrected chi connectivity index (χ4v) is 3.09. The van der Waals surface area contributed by atoms with Crippen molar-refractivity contribution in [1.29, 1.82) is 0 Å². The fourth-order valence-electron chi connectivity index (χ4n) is 3.09. The molecule has 0 aliphatic heterocycles. The number of carbonyl (C=O) groups excluding carboxylic acids is 1. The first-order valence-electron chi connectivity index (χ1n) is 8.24. The van der Waals surface area contributed by atoms with Gasteiger partial charge in [-0.1, -0.05) is 32.3 Å². The SMILES string of the molecule is CCC(CC[NH3+])Cc1onc2c1C(=O)CC(C(C)C)C2.CCl. The van der Waals surface area contributed by atoms with Crippen molar-refractivity contribution in [3.63, 3.8) is 0 Å². The second kappa shape index (κ2) is 9.31. The zero-order valence-electron chi connectivity index (χ0n) is 14.3. The van der Waals surface area contributed by atoms with Crippen LogP contribution in [0.2, 0.25) is 0 Å². The fraction of sp³-hybridized carbons (Fsp3) is 0.765. The standard InChI is InChI=1S/C16H26N2O2.CH3Cl/c1-4-11(5-6-17)7-15-16-13(18-20-15)8-12(10(2)3)9-14(16)19;1-2/h10-12H,4-9,17H2,1-3H3;1H3/p+1. The monoisotopic (exact) mass is 329 g/mol. The zero-order valence-corrected chi connectivity index (χ0v) is 15.1. The van der Waals surface area contributed by atoms with Gasteiger partial charge in [-0.25, -0.2) is 0 Å². The highest BCUT2D eigenvalue weighted by Gasteiger charge is 2.33. The smallest absolute Gasteiger partial charge is 0.168 e. The molecule has 4 nitrogen and oxygen atoms in total. The Kier molecular flexibility index (Phi) is 8.12. The highest BCUT2D eigenvalue weighted by atomic mass is 35.5. The van der Waals surface area contributed by atoms with Crippen LogP contribution in [0, 0.1) is 17.8 Å². The first-order valence-corrected chi connectivity index (χ1v) is 9.00. The summed E-state index contributed by atoms with van der Waals surface area (Å²) in [5.41, 5.74) is 5.61. The molecule has 1 aromatic heterocycles. The third-order valence-corrected chi connectivity index (χ3v) is 4.62. The van der Waals surface area contributed by atoms with E-state index >= 15 is 0 Å². The molecule has 1 aromatic rings. The molecular weight excluding hydrogens is 300 g/mol. The lowest BCUT2D eigenvalue weighted by Gasteiger charge is -2.23. The first kappa shape index (κ1) is 19.2. The van der Waals surface area contributed by atoms with Crippen molar-refractivity contribution in [3.05, 3.63) is 17.0 Å². The predicted octanol–water partition coefficient (Wildman–Crippen LogP) is 3.13. The van der Waals surface area contributed by atoms with E-state index in [-0.39, 0.29) is 5.78 Å². The van der Waals surface area contributed by atoms with Gasteiger partial charge in [-0.2, -0.15) is 0 Å². The Labute approximate surface area is 138 Å². The van der Waals surface area contributed by atoms with Crippen LogP contribution in [0.4, 0.5) is 0 Å². The van der Waals surface area contributed by atoms with Gasteiger partial charge in [-0.3, -0.25) is 4.79 Å². The Morgan fingerprint density at radius 3 is 2.59 bits per heavy atom. The minimum absolute atomic E-state index is 0.227. The summed E-state index contributed by atoms with van der Waals surface area (Å²) in [5.74, 6) is 2.51. The maximum Gasteiger partial charge on any atom is 0.168 e. The van der Waals surface area contributed by atoms with E-state index in [1.807, 2.05) is 0 Å². The number of hydrogen-bond donors (Lipinski definition) is 1. The Balaban J connectivity index is 0.00000116. The third-order valence-electron chi connectivity index (χ3n) is 4.62. The molecule has 22 heavy (non-hydrogen) atoms. The number of hydrogen-bond acceptors (Lipinski definition) is 3. The average Bonchev–Trinajstić information content (AvgIpc) is 2.92. The molecule has 1 heterocycles. The average molecular weight is 330 g/mol. The van der Waals surface area contributed by atoms with Gasteiger partial charge in [0.15, 0.2) is 5.78 Å². The molecule has 0 fully saturated rings. The van der Waals surface area contributed by atoms with E-state index < -0.39 is 0 Å². The molecule has 126 valence electrons. The number of ketones is 1. The second-order valence-corrected chi connectivity index (χ2v) is 6.38. The van der Waals surface area contributed by atoms with Crippen LogP contribution < -0.4 is 5.73 Å². The van der Waals surface area contributed by atoms with E-state index in [1.165, 1.54) is 6.38 Å². The molecule has 0 spiro atoms. The van der Waals surface area contributed by atoms with Crippen molar-refractivity contribution < 1.29 is 15.1 Å². The number of alkyl halides is 1. The maximum absolute atomic E-state index is 12.4. The molecule has 0 aromatic carbocycles. The number of rotatable bonds is 6. The normalized spacial score (nSPS) is 18.7. The van der Waals surface area contributed by atoms with E-state index in [2.05, 4.69) is 43.3 Å². The van der Waals surface area contributed by atoms with Crippen LogP contribution in [0.5, 0.6) is 0 Å². The van der Waals surface area contributed by atoms with E-state index in [4.69, 9.17) is 4.52 Å². The molecule has 2 rings (SSSR count). The quantitative estimate of drug-likeness (QED) is 0.815. The van der Waals surface area contributed by atoms with Crippen molar-refractivity contribution in [1.82, 2.24) is 5.16 Å². The summed E-state index contributed by atoms with van der Waals surface area (Å²) in [6.45, 7) is 7.45.